The van der Waals surface area contributed by atoms with E-state index in [0.717, 1.165) is 33.3 Å². The van der Waals surface area contributed by atoms with Gasteiger partial charge in [-0.05, 0) is 83.8 Å². The van der Waals surface area contributed by atoms with E-state index in [9.17, 15) is 21.4 Å². The van der Waals surface area contributed by atoms with Crippen LogP contribution in [0.2, 0.25) is 0 Å². The minimum absolute atomic E-state index is 0.114. The molecule has 0 atom stereocenters. The fourth-order valence-electron chi connectivity index (χ4n) is 6.01. The number of anilines is 2. The molecule has 0 amide bonds. The number of rotatable bonds is 11. The Balaban J connectivity index is 1.56. The average molecular weight is 710 g/mol. The highest BCUT2D eigenvalue weighted by Gasteiger charge is 2.25. The molecule has 0 bridgehead atoms. The smallest absolute Gasteiger partial charge is 0.296 e. The first-order valence-electron chi connectivity index (χ1n) is 15.8. The van der Waals surface area contributed by atoms with Crippen LogP contribution in [0.5, 0.6) is 5.75 Å². The largest absolute Gasteiger partial charge is 0.494 e. The lowest BCUT2D eigenvalue weighted by Crippen LogP contribution is -2.08. The second-order valence-electron chi connectivity index (χ2n) is 11.5. The lowest BCUT2D eigenvalue weighted by molar-refractivity contribution is 0.340. The van der Waals surface area contributed by atoms with Crippen LogP contribution >= 0.6 is 0 Å². The number of benzene rings is 4. The van der Waals surface area contributed by atoms with Gasteiger partial charge in [0.05, 0.1) is 36.0 Å². The standard InChI is InChI=1S/C38H35N3O7S2/c1-3-48-31-20-18-30(19-21-31)40-33-22-15-28(25-35(33)50(45,46)47)36(26-13-16-29(17-14-26)39-23-24-49(42,43)44)37-32-11-7-8-12-34(32)41(2)38(37)27-9-5-4-6-10-27/h4-22,25,40H,3,23-24H2,1-2H3,(H,42,43,44)(H,45,46,47). The van der Waals surface area contributed by atoms with Crippen LogP contribution in [0, 0.1) is 0 Å². The number of ether oxygens (including phenoxy) is 1. The molecule has 12 heteroatoms. The van der Waals surface area contributed by atoms with E-state index in [1.807, 2.05) is 86.8 Å². The van der Waals surface area contributed by atoms with Crippen molar-refractivity contribution < 1.29 is 30.7 Å². The molecule has 0 unspecified atom stereocenters. The summed E-state index contributed by atoms with van der Waals surface area (Å²) in [5.74, 6) is 0.169. The summed E-state index contributed by atoms with van der Waals surface area (Å²) >= 11 is 0. The van der Waals surface area contributed by atoms with Gasteiger partial charge in [-0.3, -0.25) is 14.1 Å². The van der Waals surface area contributed by atoms with Crippen molar-refractivity contribution >= 4 is 53.8 Å². The van der Waals surface area contributed by atoms with Crippen molar-refractivity contribution in [3.05, 3.63) is 138 Å². The third kappa shape index (κ3) is 7.63. The molecule has 4 aromatic carbocycles. The number of aliphatic imine (C=N–C) groups is 1. The van der Waals surface area contributed by atoms with Gasteiger partial charge in [0, 0.05) is 29.2 Å². The molecule has 50 heavy (non-hydrogen) atoms. The normalized spacial score (nSPS) is 13.1. The quantitative estimate of drug-likeness (QED) is 0.120. The molecule has 0 saturated heterocycles. The van der Waals surface area contributed by atoms with Crippen molar-refractivity contribution in [2.75, 3.05) is 24.2 Å². The van der Waals surface area contributed by atoms with E-state index < -0.39 is 26.0 Å². The third-order valence-electron chi connectivity index (χ3n) is 8.20. The number of nitrogens with one attached hydrogen (secondary N) is 1. The monoisotopic (exact) mass is 709 g/mol. The highest BCUT2D eigenvalue weighted by molar-refractivity contribution is 7.86. The molecule has 1 aliphatic carbocycles. The number of fused-ring (bicyclic) bond motifs is 1. The minimum atomic E-state index is -4.71. The van der Waals surface area contributed by atoms with E-state index in [0.29, 0.717) is 34.9 Å². The van der Waals surface area contributed by atoms with Gasteiger partial charge >= 0.3 is 0 Å². The zero-order chi connectivity index (χ0) is 35.5. The van der Waals surface area contributed by atoms with Gasteiger partial charge in [-0.2, -0.15) is 16.8 Å². The third-order valence-corrected chi connectivity index (χ3v) is 9.79. The fourth-order valence-corrected chi connectivity index (χ4v) is 7.01. The number of aryl methyl sites for hydroxylation is 1. The lowest BCUT2D eigenvalue weighted by atomic mass is 9.87. The number of nitrogens with zero attached hydrogens (tertiary/aromatic N) is 2. The minimum Gasteiger partial charge on any atom is -0.494 e. The number of allylic oxidation sites excluding steroid dienone is 5. The van der Waals surface area contributed by atoms with Crippen LogP contribution < -0.4 is 10.1 Å². The van der Waals surface area contributed by atoms with Crippen molar-refractivity contribution in [3.63, 3.8) is 0 Å². The molecular formula is C38H35N3O7S2. The molecule has 0 aliphatic heterocycles. The highest BCUT2D eigenvalue weighted by atomic mass is 32.2. The molecule has 10 nitrogen and oxygen atoms in total. The van der Waals surface area contributed by atoms with Crippen LogP contribution in [0.3, 0.4) is 0 Å². The Kier molecular flexibility index (Phi) is 9.89. The van der Waals surface area contributed by atoms with Gasteiger partial charge in [0.2, 0.25) is 0 Å². The summed E-state index contributed by atoms with van der Waals surface area (Å²) in [6.07, 6.45) is 7.13. The Morgan fingerprint density at radius 2 is 1.52 bits per heavy atom. The molecule has 0 saturated carbocycles. The molecule has 1 heterocycles. The highest BCUT2D eigenvalue weighted by Crippen LogP contribution is 2.43. The van der Waals surface area contributed by atoms with Crippen LogP contribution in [0.1, 0.15) is 18.1 Å². The van der Waals surface area contributed by atoms with Gasteiger partial charge in [0.1, 0.15) is 10.6 Å². The Labute approximate surface area is 291 Å². The first kappa shape index (κ1) is 34.6. The van der Waals surface area contributed by atoms with Gasteiger partial charge in [-0.25, -0.2) is 0 Å². The maximum absolute atomic E-state index is 13.0. The van der Waals surface area contributed by atoms with Crippen LogP contribution in [0.4, 0.5) is 11.4 Å². The summed E-state index contributed by atoms with van der Waals surface area (Å²) in [7, 11) is -6.89. The number of aromatic nitrogens is 1. The number of para-hydroxylation sites is 1. The molecule has 0 radical (unpaired) electrons. The van der Waals surface area contributed by atoms with Crippen molar-refractivity contribution in [2.24, 2.45) is 12.0 Å². The zero-order valence-electron chi connectivity index (χ0n) is 27.3. The maximum atomic E-state index is 13.0. The van der Waals surface area contributed by atoms with Gasteiger partial charge in [-0.1, -0.05) is 66.7 Å². The van der Waals surface area contributed by atoms with Crippen LogP contribution in [0.25, 0.3) is 27.7 Å². The zero-order valence-corrected chi connectivity index (χ0v) is 28.9. The van der Waals surface area contributed by atoms with Crippen molar-refractivity contribution in [3.8, 4) is 17.0 Å². The van der Waals surface area contributed by atoms with E-state index in [1.54, 1.807) is 42.5 Å². The summed E-state index contributed by atoms with van der Waals surface area (Å²) in [5.41, 5.74) is 6.89. The molecule has 3 N–H and O–H groups in total. The van der Waals surface area contributed by atoms with Gasteiger partial charge in [-0.15, -0.1) is 0 Å². The first-order chi connectivity index (χ1) is 23.9. The second kappa shape index (κ2) is 14.3. The summed E-state index contributed by atoms with van der Waals surface area (Å²) < 4.78 is 75.6. The van der Waals surface area contributed by atoms with E-state index in [1.165, 1.54) is 6.07 Å². The maximum Gasteiger partial charge on any atom is 0.296 e. The Morgan fingerprint density at radius 1 is 0.840 bits per heavy atom. The lowest BCUT2D eigenvalue weighted by Gasteiger charge is -2.19. The van der Waals surface area contributed by atoms with Crippen molar-refractivity contribution in [1.82, 2.24) is 4.57 Å². The molecule has 0 spiro atoms. The summed E-state index contributed by atoms with van der Waals surface area (Å²) in [4.78, 5) is 3.98. The Morgan fingerprint density at radius 3 is 2.18 bits per heavy atom. The van der Waals surface area contributed by atoms with E-state index >= 15 is 0 Å². The van der Waals surface area contributed by atoms with Crippen LogP contribution in [-0.2, 0) is 27.3 Å². The topological polar surface area (TPSA) is 147 Å². The first-order valence-corrected chi connectivity index (χ1v) is 18.8. The summed E-state index contributed by atoms with van der Waals surface area (Å²) in [6.45, 7) is 2.28. The Bertz CT molecular complexity index is 2390. The predicted molar refractivity (Wildman–Crippen MR) is 199 cm³/mol. The molecule has 1 aromatic heterocycles. The molecular weight excluding hydrogens is 675 g/mol. The van der Waals surface area contributed by atoms with Crippen molar-refractivity contribution in [1.29, 1.82) is 0 Å². The van der Waals surface area contributed by atoms with Gasteiger partial charge in [0.25, 0.3) is 20.2 Å². The van der Waals surface area contributed by atoms with Gasteiger partial charge in [0.15, 0.2) is 0 Å². The van der Waals surface area contributed by atoms with E-state index in [-0.39, 0.29) is 17.1 Å². The molecule has 0 fully saturated rings. The van der Waals surface area contributed by atoms with Crippen molar-refractivity contribution in [2.45, 2.75) is 11.8 Å². The second-order valence-corrected chi connectivity index (χ2v) is 14.5. The number of hydrogen-bond acceptors (Lipinski definition) is 7. The average Bonchev–Trinajstić information content (AvgIpc) is 3.38. The summed E-state index contributed by atoms with van der Waals surface area (Å²) in [6, 6.07) is 29.8. The predicted octanol–water partition coefficient (Wildman–Crippen LogP) is 7.49. The molecule has 6 rings (SSSR count). The van der Waals surface area contributed by atoms with Crippen LogP contribution in [-0.4, -0.2) is 55.1 Å². The van der Waals surface area contributed by atoms with E-state index in [2.05, 4.69) is 14.9 Å². The number of hydrogen-bond donors (Lipinski definition) is 3. The van der Waals surface area contributed by atoms with Crippen LogP contribution in [0.15, 0.2) is 137 Å². The summed E-state index contributed by atoms with van der Waals surface area (Å²) in [5, 5.41) is 4.05. The van der Waals surface area contributed by atoms with Gasteiger partial charge < -0.3 is 14.6 Å². The van der Waals surface area contributed by atoms with E-state index in [4.69, 9.17) is 9.29 Å². The molecule has 256 valence electrons. The molecule has 5 aromatic rings. The fraction of sp³-hybridized carbons (Fsp3) is 0.132. The molecule has 1 aliphatic rings. The Hall–Kier alpha value is -5.27. The SMILES string of the molecule is CCOc1ccc(Nc2ccc(C(=C3C=CC(=NCCS(=O)(=O)O)C=C3)c3c(-c4ccccc4)n(C)c4ccccc34)cc2S(=O)(=O)O)cc1.